The number of nitrogens with zero attached hydrogens (tertiary/aromatic N) is 3. The second-order valence-corrected chi connectivity index (χ2v) is 5.46. The number of hydrogen-bond donors (Lipinski definition) is 1. The molecule has 1 aliphatic rings. The number of benzene rings is 1. The number of piperidine rings is 1. The highest BCUT2D eigenvalue weighted by Gasteiger charge is 2.20. The van der Waals surface area contributed by atoms with Crippen molar-refractivity contribution in [3.05, 3.63) is 40.1 Å². The lowest BCUT2D eigenvalue weighted by Crippen LogP contribution is -2.36. The maximum Gasteiger partial charge on any atom is 0.270 e. The number of nitro groups is 1. The molecule has 1 aromatic carbocycles. The van der Waals surface area contributed by atoms with Crippen molar-refractivity contribution < 1.29 is 10.0 Å². The molecular formula is C15H17N3O3. The van der Waals surface area contributed by atoms with E-state index in [1.165, 1.54) is 6.07 Å². The van der Waals surface area contributed by atoms with Crippen molar-refractivity contribution >= 4 is 22.3 Å². The standard InChI is InChI=1S/C15H17N3O3/c1-10-8-15(17-6-4-12(19)5-7-17)13-9-11(18(20)21)2-3-14(13)16-10/h2-3,8-9,12,19H,4-7H2,1H3. The molecule has 0 aliphatic carbocycles. The van der Waals surface area contributed by atoms with Crippen LogP contribution in [-0.2, 0) is 0 Å². The van der Waals surface area contributed by atoms with E-state index in [0.29, 0.717) is 0 Å². The molecule has 0 saturated carbocycles. The van der Waals surface area contributed by atoms with Crippen LogP contribution >= 0.6 is 0 Å². The lowest BCUT2D eigenvalue weighted by molar-refractivity contribution is -0.384. The molecule has 2 heterocycles. The summed E-state index contributed by atoms with van der Waals surface area (Å²) in [6.45, 7) is 3.42. The summed E-state index contributed by atoms with van der Waals surface area (Å²) in [5, 5.41) is 21.4. The summed E-state index contributed by atoms with van der Waals surface area (Å²) >= 11 is 0. The van der Waals surface area contributed by atoms with Gasteiger partial charge in [0.25, 0.3) is 5.69 Å². The van der Waals surface area contributed by atoms with Crippen molar-refractivity contribution in [2.75, 3.05) is 18.0 Å². The highest BCUT2D eigenvalue weighted by atomic mass is 16.6. The Morgan fingerprint density at radius 3 is 2.71 bits per heavy atom. The highest BCUT2D eigenvalue weighted by molar-refractivity contribution is 5.93. The van der Waals surface area contributed by atoms with Gasteiger partial charge in [0.15, 0.2) is 0 Å². The van der Waals surface area contributed by atoms with E-state index in [9.17, 15) is 15.2 Å². The van der Waals surface area contributed by atoms with Crippen LogP contribution in [0.3, 0.4) is 0 Å². The van der Waals surface area contributed by atoms with E-state index in [1.54, 1.807) is 12.1 Å². The third-order valence-electron chi connectivity index (χ3n) is 3.91. The first-order valence-electron chi connectivity index (χ1n) is 7.03. The number of aliphatic hydroxyl groups is 1. The maximum absolute atomic E-state index is 11.0. The van der Waals surface area contributed by atoms with Gasteiger partial charge in [-0.2, -0.15) is 0 Å². The fourth-order valence-electron chi connectivity index (χ4n) is 2.81. The zero-order valence-electron chi connectivity index (χ0n) is 11.8. The number of aromatic nitrogens is 1. The van der Waals surface area contributed by atoms with Crippen molar-refractivity contribution in [2.24, 2.45) is 0 Å². The number of rotatable bonds is 2. The molecule has 21 heavy (non-hydrogen) atoms. The Morgan fingerprint density at radius 2 is 2.05 bits per heavy atom. The average molecular weight is 287 g/mol. The Bertz CT molecular complexity index is 694. The summed E-state index contributed by atoms with van der Waals surface area (Å²) in [4.78, 5) is 17.2. The van der Waals surface area contributed by atoms with Gasteiger partial charge in [0.1, 0.15) is 0 Å². The molecule has 1 fully saturated rings. The van der Waals surface area contributed by atoms with Gasteiger partial charge in [-0.1, -0.05) is 0 Å². The SMILES string of the molecule is Cc1cc(N2CCC(O)CC2)c2cc([N+](=O)[O-])ccc2n1. The molecule has 1 aliphatic heterocycles. The van der Waals surface area contributed by atoms with Crippen molar-refractivity contribution in [3.8, 4) is 0 Å². The Labute approximate surface area is 122 Å². The zero-order chi connectivity index (χ0) is 15.0. The van der Waals surface area contributed by atoms with Crippen molar-refractivity contribution in [3.63, 3.8) is 0 Å². The molecule has 3 rings (SSSR count). The molecule has 6 nitrogen and oxygen atoms in total. The average Bonchev–Trinajstić information content (AvgIpc) is 2.46. The van der Waals surface area contributed by atoms with Crippen LogP contribution in [0.5, 0.6) is 0 Å². The van der Waals surface area contributed by atoms with Gasteiger partial charge in [0.05, 0.1) is 16.5 Å². The summed E-state index contributed by atoms with van der Waals surface area (Å²) in [7, 11) is 0. The number of hydrogen-bond acceptors (Lipinski definition) is 5. The minimum atomic E-state index is -0.386. The first-order chi connectivity index (χ1) is 10.0. The van der Waals surface area contributed by atoms with Crippen molar-refractivity contribution in [1.29, 1.82) is 0 Å². The van der Waals surface area contributed by atoms with Crippen LogP contribution in [0.25, 0.3) is 10.9 Å². The van der Waals surface area contributed by atoms with Crippen LogP contribution in [0, 0.1) is 17.0 Å². The normalized spacial score (nSPS) is 16.4. The quantitative estimate of drug-likeness (QED) is 0.677. The minimum absolute atomic E-state index is 0.0754. The fourth-order valence-corrected chi connectivity index (χ4v) is 2.81. The second-order valence-electron chi connectivity index (χ2n) is 5.46. The predicted octanol–water partition coefficient (Wildman–Crippen LogP) is 2.41. The molecule has 0 spiro atoms. The first-order valence-corrected chi connectivity index (χ1v) is 7.03. The number of nitro benzene ring substituents is 1. The van der Waals surface area contributed by atoms with Crippen molar-refractivity contribution in [2.45, 2.75) is 25.9 Å². The predicted molar refractivity (Wildman–Crippen MR) is 80.6 cm³/mol. The topological polar surface area (TPSA) is 79.5 Å². The van der Waals surface area contributed by atoms with E-state index in [-0.39, 0.29) is 16.7 Å². The monoisotopic (exact) mass is 287 g/mol. The number of aliphatic hydroxyl groups excluding tert-OH is 1. The van der Waals surface area contributed by atoms with Crippen LogP contribution in [0.2, 0.25) is 0 Å². The van der Waals surface area contributed by atoms with Crippen LogP contribution in [-0.4, -0.2) is 34.2 Å². The lowest BCUT2D eigenvalue weighted by atomic mass is 10.0. The van der Waals surface area contributed by atoms with Gasteiger partial charge in [-0.15, -0.1) is 0 Å². The molecule has 1 saturated heterocycles. The van der Waals surface area contributed by atoms with Crippen LogP contribution in [0.15, 0.2) is 24.3 Å². The molecule has 0 unspecified atom stereocenters. The van der Waals surface area contributed by atoms with Gasteiger partial charge < -0.3 is 10.0 Å². The Kier molecular flexibility index (Phi) is 3.47. The van der Waals surface area contributed by atoms with Crippen LogP contribution in [0.4, 0.5) is 11.4 Å². The van der Waals surface area contributed by atoms with E-state index in [0.717, 1.165) is 48.2 Å². The molecule has 0 atom stereocenters. The van der Waals surface area contributed by atoms with Crippen LogP contribution < -0.4 is 4.90 Å². The van der Waals surface area contributed by atoms with Crippen molar-refractivity contribution in [1.82, 2.24) is 4.98 Å². The molecule has 1 aromatic heterocycles. The third-order valence-corrected chi connectivity index (χ3v) is 3.91. The van der Waals surface area contributed by atoms with Crippen LogP contribution in [0.1, 0.15) is 18.5 Å². The largest absolute Gasteiger partial charge is 0.393 e. The first kappa shape index (κ1) is 13.8. The summed E-state index contributed by atoms with van der Waals surface area (Å²) in [5.74, 6) is 0. The third kappa shape index (κ3) is 2.67. The molecule has 110 valence electrons. The Balaban J connectivity index is 2.11. The maximum atomic E-state index is 11.0. The second kappa shape index (κ2) is 5.29. The van der Waals surface area contributed by atoms with Gasteiger partial charge in [-0.25, -0.2) is 0 Å². The molecule has 0 amide bonds. The van der Waals surface area contributed by atoms with E-state index >= 15 is 0 Å². The minimum Gasteiger partial charge on any atom is -0.393 e. The number of fused-ring (bicyclic) bond motifs is 1. The molecular weight excluding hydrogens is 270 g/mol. The van der Waals surface area contributed by atoms with E-state index in [1.807, 2.05) is 13.0 Å². The molecule has 6 heteroatoms. The van der Waals surface area contributed by atoms with E-state index in [2.05, 4.69) is 9.88 Å². The molecule has 1 N–H and O–H groups in total. The summed E-state index contributed by atoms with van der Waals surface area (Å²) in [6.07, 6.45) is 1.19. The van der Waals surface area contributed by atoms with Gasteiger partial charge in [-0.05, 0) is 31.9 Å². The molecule has 0 bridgehead atoms. The van der Waals surface area contributed by atoms with Gasteiger partial charge in [0.2, 0.25) is 0 Å². The lowest BCUT2D eigenvalue weighted by Gasteiger charge is -2.32. The summed E-state index contributed by atoms with van der Waals surface area (Å²) < 4.78 is 0. The van der Waals surface area contributed by atoms with E-state index in [4.69, 9.17) is 0 Å². The Hall–Kier alpha value is -2.21. The number of anilines is 1. The Morgan fingerprint density at radius 1 is 1.33 bits per heavy atom. The zero-order valence-corrected chi connectivity index (χ0v) is 11.8. The van der Waals surface area contributed by atoms with Gasteiger partial charge in [0, 0.05) is 42.0 Å². The molecule has 2 aromatic rings. The number of non-ortho nitro benzene ring substituents is 1. The van der Waals surface area contributed by atoms with E-state index < -0.39 is 0 Å². The number of aryl methyl sites for hydroxylation is 1. The van der Waals surface area contributed by atoms with Gasteiger partial charge in [-0.3, -0.25) is 15.1 Å². The molecule has 0 radical (unpaired) electrons. The summed E-state index contributed by atoms with van der Waals surface area (Å²) in [5.41, 5.74) is 2.69. The van der Waals surface area contributed by atoms with Gasteiger partial charge >= 0.3 is 0 Å². The highest BCUT2D eigenvalue weighted by Crippen LogP contribution is 2.31. The fraction of sp³-hybridized carbons (Fsp3) is 0.400. The summed E-state index contributed by atoms with van der Waals surface area (Å²) in [6, 6.07) is 6.73. The number of pyridine rings is 1. The smallest absolute Gasteiger partial charge is 0.270 e.